The van der Waals surface area contributed by atoms with Crippen molar-refractivity contribution in [3.8, 4) is 0 Å². The van der Waals surface area contributed by atoms with Crippen LogP contribution >= 0.6 is 11.8 Å². The fourth-order valence-corrected chi connectivity index (χ4v) is 3.32. The van der Waals surface area contributed by atoms with E-state index in [0.717, 1.165) is 10.6 Å². The number of anilines is 2. The number of para-hydroxylation sites is 1. The Morgan fingerprint density at radius 2 is 1.96 bits per heavy atom. The third kappa shape index (κ3) is 4.89. The minimum absolute atomic E-state index is 0.0859. The van der Waals surface area contributed by atoms with Crippen LogP contribution in [0.25, 0.3) is 0 Å². The van der Waals surface area contributed by atoms with Gasteiger partial charge in [-0.05, 0) is 36.6 Å². The van der Waals surface area contributed by atoms with Crippen molar-refractivity contribution in [2.24, 2.45) is 5.92 Å². The summed E-state index contributed by atoms with van der Waals surface area (Å²) in [7, 11) is 0. The van der Waals surface area contributed by atoms with E-state index < -0.39 is 17.8 Å². The first-order chi connectivity index (χ1) is 13.1. The van der Waals surface area contributed by atoms with Crippen LogP contribution in [0.15, 0.2) is 59.5 Å². The zero-order chi connectivity index (χ0) is 19.2. The van der Waals surface area contributed by atoms with Gasteiger partial charge >= 0.3 is 5.97 Å². The van der Waals surface area contributed by atoms with Gasteiger partial charge in [0.05, 0.1) is 5.92 Å². The molecule has 2 aromatic carbocycles. The number of ether oxygens (including phenoxy) is 1. The molecule has 1 atom stereocenters. The molecular weight excluding hydrogens is 364 g/mol. The second kappa shape index (κ2) is 8.73. The number of nitrogens with zero attached hydrogens (tertiary/aromatic N) is 1. The molecule has 1 fully saturated rings. The third-order valence-electron chi connectivity index (χ3n) is 4.23. The summed E-state index contributed by atoms with van der Waals surface area (Å²) in [6.45, 7) is -0.115. The van der Waals surface area contributed by atoms with Gasteiger partial charge in [-0.2, -0.15) is 0 Å². The van der Waals surface area contributed by atoms with E-state index in [4.69, 9.17) is 4.74 Å². The summed E-state index contributed by atoms with van der Waals surface area (Å²) < 4.78 is 5.10. The van der Waals surface area contributed by atoms with Crippen molar-refractivity contribution < 1.29 is 19.1 Å². The third-order valence-corrected chi connectivity index (χ3v) is 4.95. The Morgan fingerprint density at radius 1 is 1.19 bits per heavy atom. The maximum Gasteiger partial charge on any atom is 0.311 e. The van der Waals surface area contributed by atoms with Crippen LogP contribution < -0.4 is 10.2 Å². The van der Waals surface area contributed by atoms with Crippen LogP contribution in [-0.2, 0) is 19.1 Å². The minimum Gasteiger partial charge on any atom is -0.455 e. The number of nitrogens with one attached hydrogen (secondary N) is 1. The molecule has 0 radical (unpaired) electrons. The second-order valence-corrected chi connectivity index (χ2v) is 7.01. The number of carbonyl (C=O) groups is 3. The van der Waals surface area contributed by atoms with Gasteiger partial charge in [0.1, 0.15) is 0 Å². The first-order valence-electron chi connectivity index (χ1n) is 8.53. The molecule has 1 heterocycles. The summed E-state index contributed by atoms with van der Waals surface area (Å²) in [5, 5.41) is 2.65. The number of amides is 2. The molecule has 2 amide bonds. The molecule has 27 heavy (non-hydrogen) atoms. The first-order valence-corrected chi connectivity index (χ1v) is 9.75. The SMILES string of the molecule is CSc1cccc(N2C[C@H](C(=O)OCC(=O)Nc3ccccc3)CC2=O)c1. The van der Waals surface area contributed by atoms with E-state index in [2.05, 4.69) is 5.32 Å². The van der Waals surface area contributed by atoms with Crippen LogP contribution in [-0.4, -0.2) is 37.2 Å². The molecule has 0 saturated carbocycles. The normalized spacial score (nSPS) is 16.3. The number of rotatable bonds is 6. The van der Waals surface area contributed by atoms with Crippen molar-refractivity contribution in [3.05, 3.63) is 54.6 Å². The Morgan fingerprint density at radius 3 is 2.70 bits per heavy atom. The quantitative estimate of drug-likeness (QED) is 0.612. The van der Waals surface area contributed by atoms with E-state index in [9.17, 15) is 14.4 Å². The highest BCUT2D eigenvalue weighted by Crippen LogP contribution is 2.28. The van der Waals surface area contributed by atoms with Crippen molar-refractivity contribution >= 4 is 40.9 Å². The average Bonchev–Trinajstić information content (AvgIpc) is 3.09. The highest BCUT2D eigenvalue weighted by atomic mass is 32.2. The summed E-state index contributed by atoms with van der Waals surface area (Å²) in [6.07, 6.45) is 2.05. The van der Waals surface area contributed by atoms with Crippen molar-refractivity contribution in [1.82, 2.24) is 0 Å². The van der Waals surface area contributed by atoms with Crippen molar-refractivity contribution in [2.45, 2.75) is 11.3 Å². The smallest absolute Gasteiger partial charge is 0.311 e. The van der Waals surface area contributed by atoms with E-state index in [1.54, 1.807) is 40.9 Å². The number of esters is 1. The van der Waals surface area contributed by atoms with Gasteiger partial charge in [0.15, 0.2) is 6.61 Å². The summed E-state index contributed by atoms with van der Waals surface area (Å²) >= 11 is 1.59. The van der Waals surface area contributed by atoms with Crippen LogP contribution in [0.5, 0.6) is 0 Å². The maximum absolute atomic E-state index is 12.3. The van der Waals surface area contributed by atoms with Gasteiger partial charge < -0.3 is 15.0 Å². The van der Waals surface area contributed by atoms with E-state index >= 15 is 0 Å². The highest BCUT2D eigenvalue weighted by Gasteiger charge is 2.36. The molecule has 3 rings (SSSR count). The molecule has 0 spiro atoms. The number of benzene rings is 2. The molecule has 1 aliphatic heterocycles. The zero-order valence-corrected chi connectivity index (χ0v) is 15.7. The van der Waals surface area contributed by atoms with Crippen molar-refractivity contribution in [2.75, 3.05) is 29.6 Å². The molecule has 0 bridgehead atoms. The fraction of sp³-hybridized carbons (Fsp3) is 0.250. The van der Waals surface area contributed by atoms with Crippen LogP contribution in [0, 0.1) is 5.92 Å². The molecular formula is C20H20N2O4S. The molecule has 0 aromatic heterocycles. The van der Waals surface area contributed by atoms with Gasteiger partial charge in [-0.15, -0.1) is 11.8 Å². The summed E-state index contributed by atoms with van der Waals surface area (Å²) in [6, 6.07) is 16.5. The lowest BCUT2D eigenvalue weighted by atomic mass is 10.1. The van der Waals surface area contributed by atoms with Crippen LogP contribution in [0.2, 0.25) is 0 Å². The minimum atomic E-state index is -0.569. The molecule has 1 N–H and O–H groups in total. The average molecular weight is 384 g/mol. The lowest BCUT2D eigenvalue weighted by molar-refractivity contribution is -0.151. The fourth-order valence-electron chi connectivity index (χ4n) is 2.87. The van der Waals surface area contributed by atoms with E-state index in [1.165, 1.54) is 0 Å². The van der Waals surface area contributed by atoms with Gasteiger partial charge in [-0.3, -0.25) is 14.4 Å². The molecule has 0 unspecified atom stereocenters. The largest absolute Gasteiger partial charge is 0.455 e. The van der Waals surface area contributed by atoms with Gasteiger partial charge in [0.25, 0.3) is 5.91 Å². The summed E-state index contributed by atoms with van der Waals surface area (Å²) in [5.74, 6) is -1.64. The summed E-state index contributed by atoms with van der Waals surface area (Å²) in [5.41, 5.74) is 1.40. The Kier molecular flexibility index (Phi) is 6.13. The zero-order valence-electron chi connectivity index (χ0n) is 14.9. The second-order valence-electron chi connectivity index (χ2n) is 6.13. The van der Waals surface area contributed by atoms with E-state index in [-0.39, 0.29) is 25.5 Å². The lowest BCUT2D eigenvalue weighted by Gasteiger charge is -2.17. The maximum atomic E-state index is 12.3. The Balaban J connectivity index is 1.53. The van der Waals surface area contributed by atoms with Crippen molar-refractivity contribution in [3.63, 3.8) is 0 Å². The van der Waals surface area contributed by atoms with Crippen LogP contribution in [0.3, 0.4) is 0 Å². The standard InChI is InChI=1S/C20H20N2O4S/c1-27-17-9-5-8-16(11-17)22-12-14(10-19(22)24)20(25)26-13-18(23)21-15-6-3-2-4-7-15/h2-9,11,14H,10,12-13H2,1H3,(H,21,23)/t14-/m1/s1. The Labute approximate surface area is 161 Å². The molecule has 6 nitrogen and oxygen atoms in total. The lowest BCUT2D eigenvalue weighted by Crippen LogP contribution is -2.28. The molecule has 1 aliphatic rings. The van der Waals surface area contributed by atoms with Gasteiger partial charge in [-0.1, -0.05) is 24.3 Å². The molecule has 1 saturated heterocycles. The molecule has 140 valence electrons. The predicted molar refractivity (Wildman–Crippen MR) is 105 cm³/mol. The molecule has 2 aromatic rings. The topological polar surface area (TPSA) is 75.7 Å². The Hall–Kier alpha value is -2.80. The predicted octanol–water partition coefficient (Wildman–Crippen LogP) is 2.94. The van der Waals surface area contributed by atoms with Gasteiger partial charge in [0, 0.05) is 29.2 Å². The van der Waals surface area contributed by atoms with E-state index in [1.807, 2.05) is 36.6 Å². The van der Waals surface area contributed by atoms with Crippen molar-refractivity contribution in [1.29, 1.82) is 0 Å². The Bertz CT molecular complexity index is 841. The molecule has 7 heteroatoms. The first kappa shape index (κ1) is 19.0. The summed E-state index contributed by atoms with van der Waals surface area (Å²) in [4.78, 5) is 39.1. The van der Waals surface area contributed by atoms with Crippen LogP contribution in [0.4, 0.5) is 11.4 Å². The number of carbonyl (C=O) groups excluding carboxylic acids is 3. The number of thioether (sulfide) groups is 1. The van der Waals surface area contributed by atoms with Crippen LogP contribution in [0.1, 0.15) is 6.42 Å². The highest BCUT2D eigenvalue weighted by molar-refractivity contribution is 7.98. The monoisotopic (exact) mass is 384 g/mol. The van der Waals surface area contributed by atoms with E-state index in [0.29, 0.717) is 5.69 Å². The molecule has 0 aliphatic carbocycles. The van der Waals surface area contributed by atoms with Gasteiger partial charge in [0.2, 0.25) is 5.91 Å². The van der Waals surface area contributed by atoms with Gasteiger partial charge in [-0.25, -0.2) is 0 Å². The number of hydrogen-bond acceptors (Lipinski definition) is 5. The number of hydrogen-bond donors (Lipinski definition) is 1.